The number of benzene rings is 1. The van der Waals surface area contributed by atoms with Crippen molar-refractivity contribution >= 4 is 0 Å². The lowest BCUT2D eigenvalue weighted by Gasteiger charge is -2.28. The van der Waals surface area contributed by atoms with Gasteiger partial charge in [-0.2, -0.15) is 0 Å². The fraction of sp³-hybridized carbons (Fsp3) is 0.556. The van der Waals surface area contributed by atoms with E-state index in [-0.39, 0.29) is 0 Å². The largest absolute Gasteiger partial charge is 0.481 e. The van der Waals surface area contributed by atoms with Crippen LogP contribution in [0.3, 0.4) is 0 Å². The van der Waals surface area contributed by atoms with Crippen LogP contribution < -0.4 is 10.1 Å². The number of ether oxygens (including phenoxy) is 1. The summed E-state index contributed by atoms with van der Waals surface area (Å²) in [6.45, 7) is 4.60. The second-order valence-corrected chi connectivity index (χ2v) is 5.76. The Morgan fingerprint density at radius 2 is 2.05 bits per heavy atom. The summed E-state index contributed by atoms with van der Waals surface area (Å²) in [6.07, 6.45) is 12.0. The Kier molecular flexibility index (Phi) is 5.49. The van der Waals surface area contributed by atoms with Crippen LogP contribution in [0.5, 0.6) is 5.75 Å². The first-order valence-corrected chi connectivity index (χ1v) is 7.64. The first-order valence-electron chi connectivity index (χ1n) is 7.64. The normalized spacial score (nSPS) is 16.8. The molecule has 1 aromatic carbocycles. The molecule has 2 nitrogen and oxygen atoms in total. The zero-order valence-electron chi connectivity index (χ0n) is 12.5. The summed E-state index contributed by atoms with van der Waals surface area (Å²) in [6, 6.07) is 8.12. The van der Waals surface area contributed by atoms with Crippen LogP contribution in [0.25, 0.3) is 0 Å². The Bertz CT molecular complexity index is 455. The van der Waals surface area contributed by atoms with Gasteiger partial charge < -0.3 is 10.1 Å². The molecule has 0 atom stereocenters. The van der Waals surface area contributed by atoms with Crippen LogP contribution >= 0.6 is 0 Å². The lowest BCUT2D eigenvalue weighted by atomic mass is 9.83. The van der Waals surface area contributed by atoms with Crippen molar-refractivity contribution in [1.82, 2.24) is 5.32 Å². The van der Waals surface area contributed by atoms with Crippen molar-refractivity contribution in [2.45, 2.75) is 45.6 Å². The van der Waals surface area contributed by atoms with Gasteiger partial charge in [0.25, 0.3) is 0 Å². The standard InChI is InChI=1S/C18H25NO/c1-3-13-20-17-10-6-5-9-16(17)14-19-15-18(4-2)11-7-8-12-18/h1,5-6,9-10,19H,4,7-8,11-15H2,2H3. The second-order valence-electron chi connectivity index (χ2n) is 5.76. The number of para-hydroxylation sites is 1. The maximum absolute atomic E-state index is 5.58. The Labute approximate surface area is 122 Å². The molecule has 20 heavy (non-hydrogen) atoms. The molecule has 1 saturated carbocycles. The first kappa shape index (κ1) is 14.9. The van der Waals surface area contributed by atoms with Crippen LogP contribution in [0.15, 0.2) is 24.3 Å². The molecule has 0 heterocycles. The monoisotopic (exact) mass is 271 g/mol. The van der Waals surface area contributed by atoms with E-state index in [1.54, 1.807) is 0 Å². The molecule has 0 unspecified atom stereocenters. The van der Waals surface area contributed by atoms with Crippen LogP contribution in [0.2, 0.25) is 0 Å². The summed E-state index contributed by atoms with van der Waals surface area (Å²) < 4.78 is 5.58. The van der Waals surface area contributed by atoms with Gasteiger partial charge in [-0.05, 0) is 30.7 Å². The van der Waals surface area contributed by atoms with E-state index >= 15 is 0 Å². The minimum atomic E-state index is 0.329. The number of nitrogens with one attached hydrogen (secondary N) is 1. The molecular weight excluding hydrogens is 246 g/mol. The summed E-state index contributed by atoms with van der Waals surface area (Å²) in [7, 11) is 0. The molecule has 108 valence electrons. The molecule has 0 bridgehead atoms. The van der Waals surface area contributed by atoms with E-state index in [1.165, 1.54) is 37.7 Å². The van der Waals surface area contributed by atoms with Crippen LogP contribution in [0, 0.1) is 17.8 Å². The highest BCUT2D eigenvalue weighted by molar-refractivity contribution is 5.33. The smallest absolute Gasteiger partial charge is 0.148 e. The lowest BCUT2D eigenvalue weighted by molar-refractivity contribution is 0.267. The van der Waals surface area contributed by atoms with Gasteiger partial charge in [-0.25, -0.2) is 0 Å². The molecule has 2 heteroatoms. The minimum absolute atomic E-state index is 0.329. The third-order valence-corrected chi connectivity index (χ3v) is 4.51. The van der Waals surface area contributed by atoms with Crippen LogP contribution in [-0.4, -0.2) is 13.2 Å². The molecule has 1 fully saturated rings. The molecule has 0 amide bonds. The maximum Gasteiger partial charge on any atom is 0.148 e. The van der Waals surface area contributed by atoms with Gasteiger partial charge >= 0.3 is 0 Å². The molecule has 0 aromatic heterocycles. The van der Waals surface area contributed by atoms with Gasteiger partial charge in [-0.15, -0.1) is 6.42 Å². The molecule has 1 aromatic rings. The molecule has 1 aliphatic rings. The van der Waals surface area contributed by atoms with E-state index in [4.69, 9.17) is 11.2 Å². The maximum atomic E-state index is 5.58. The van der Waals surface area contributed by atoms with Gasteiger partial charge in [0.15, 0.2) is 0 Å². The number of terminal acetylenes is 1. The summed E-state index contributed by atoms with van der Waals surface area (Å²) in [4.78, 5) is 0. The first-order chi connectivity index (χ1) is 9.79. The third kappa shape index (κ3) is 3.77. The van der Waals surface area contributed by atoms with E-state index in [0.29, 0.717) is 12.0 Å². The average molecular weight is 271 g/mol. The van der Waals surface area contributed by atoms with Gasteiger partial charge in [-0.1, -0.05) is 43.9 Å². The predicted molar refractivity (Wildman–Crippen MR) is 83.7 cm³/mol. The van der Waals surface area contributed by atoms with Gasteiger partial charge in [-0.3, -0.25) is 0 Å². The zero-order chi connectivity index (χ0) is 14.3. The fourth-order valence-electron chi connectivity index (χ4n) is 3.15. The predicted octanol–water partition coefficient (Wildman–Crippen LogP) is 3.76. The van der Waals surface area contributed by atoms with Crippen molar-refractivity contribution in [2.75, 3.05) is 13.2 Å². The van der Waals surface area contributed by atoms with E-state index in [1.807, 2.05) is 18.2 Å². The Balaban J connectivity index is 1.89. The summed E-state index contributed by atoms with van der Waals surface area (Å²) in [5.74, 6) is 3.41. The molecule has 1 N–H and O–H groups in total. The average Bonchev–Trinajstić information content (AvgIpc) is 2.96. The SMILES string of the molecule is C#CCOc1ccccc1CNCC1(CC)CCCC1. The molecule has 0 saturated heterocycles. The molecule has 0 aliphatic heterocycles. The van der Waals surface area contributed by atoms with Crippen LogP contribution in [-0.2, 0) is 6.54 Å². The second kappa shape index (κ2) is 7.36. The molecular formula is C18H25NO. The summed E-state index contributed by atoms with van der Waals surface area (Å²) >= 11 is 0. The zero-order valence-corrected chi connectivity index (χ0v) is 12.5. The Morgan fingerprint density at radius 1 is 1.30 bits per heavy atom. The van der Waals surface area contributed by atoms with Crippen molar-refractivity contribution in [2.24, 2.45) is 5.41 Å². The highest BCUT2D eigenvalue weighted by Gasteiger charge is 2.31. The van der Waals surface area contributed by atoms with Crippen LogP contribution in [0.4, 0.5) is 0 Å². The highest BCUT2D eigenvalue weighted by atomic mass is 16.5. The van der Waals surface area contributed by atoms with Gasteiger partial charge in [0.2, 0.25) is 0 Å². The van der Waals surface area contributed by atoms with E-state index in [2.05, 4.69) is 24.2 Å². The molecule has 0 radical (unpaired) electrons. The third-order valence-electron chi connectivity index (χ3n) is 4.51. The molecule has 0 spiro atoms. The van der Waals surface area contributed by atoms with Crippen molar-refractivity contribution in [1.29, 1.82) is 0 Å². The van der Waals surface area contributed by atoms with Gasteiger partial charge in [0.05, 0.1) is 0 Å². The summed E-state index contributed by atoms with van der Waals surface area (Å²) in [5, 5.41) is 3.62. The van der Waals surface area contributed by atoms with Crippen molar-refractivity contribution in [3.63, 3.8) is 0 Å². The van der Waals surface area contributed by atoms with E-state index in [9.17, 15) is 0 Å². The van der Waals surface area contributed by atoms with Crippen molar-refractivity contribution in [3.05, 3.63) is 29.8 Å². The van der Waals surface area contributed by atoms with Gasteiger partial charge in [0.1, 0.15) is 12.4 Å². The van der Waals surface area contributed by atoms with E-state index < -0.39 is 0 Å². The van der Waals surface area contributed by atoms with Crippen molar-refractivity contribution in [3.8, 4) is 18.1 Å². The Hall–Kier alpha value is -1.46. The number of rotatable bonds is 7. The highest BCUT2D eigenvalue weighted by Crippen LogP contribution is 2.40. The Morgan fingerprint density at radius 3 is 2.75 bits per heavy atom. The molecule has 1 aliphatic carbocycles. The van der Waals surface area contributed by atoms with Gasteiger partial charge in [0, 0.05) is 18.7 Å². The fourth-order valence-corrected chi connectivity index (χ4v) is 3.15. The topological polar surface area (TPSA) is 21.3 Å². The number of hydrogen-bond donors (Lipinski definition) is 1. The van der Waals surface area contributed by atoms with E-state index in [0.717, 1.165) is 18.8 Å². The minimum Gasteiger partial charge on any atom is -0.481 e. The summed E-state index contributed by atoms with van der Waals surface area (Å²) in [5.41, 5.74) is 1.71. The van der Waals surface area contributed by atoms with Crippen molar-refractivity contribution < 1.29 is 4.74 Å². The quantitative estimate of drug-likeness (QED) is 0.762. The van der Waals surface area contributed by atoms with Crippen LogP contribution in [0.1, 0.15) is 44.6 Å². The lowest BCUT2D eigenvalue weighted by Crippen LogP contribution is -2.31. The molecule has 2 rings (SSSR count). The number of hydrogen-bond acceptors (Lipinski definition) is 2.